The van der Waals surface area contributed by atoms with Crippen LogP contribution in [0.15, 0.2) is 47.0 Å². The lowest BCUT2D eigenvalue weighted by atomic mass is 10.1. The maximum absolute atomic E-state index is 13.9. The van der Waals surface area contributed by atoms with Crippen molar-refractivity contribution in [1.82, 2.24) is 15.0 Å². The topological polar surface area (TPSA) is 97.9 Å². The van der Waals surface area contributed by atoms with Gasteiger partial charge in [-0.05, 0) is 64.3 Å². The highest BCUT2D eigenvalue weighted by atomic mass is 19.4. The first-order chi connectivity index (χ1) is 18.3. The SMILES string of the molecule is Cc1ccc(CCCOc2ccc(-c3noc([C@@H]4C[C@@H](O)CN4C(=O)OC(C)(C)C)n3)cc2C(F)(F)F)cc1. The lowest BCUT2D eigenvalue weighted by molar-refractivity contribution is -0.138. The number of aliphatic hydroxyl groups is 1. The number of hydrogen-bond acceptors (Lipinski definition) is 7. The van der Waals surface area contributed by atoms with E-state index in [9.17, 15) is 23.1 Å². The van der Waals surface area contributed by atoms with Gasteiger partial charge in [0.1, 0.15) is 17.4 Å². The molecule has 0 bridgehead atoms. The monoisotopic (exact) mass is 547 g/mol. The molecule has 11 heteroatoms. The lowest BCUT2D eigenvalue weighted by Crippen LogP contribution is -2.37. The third kappa shape index (κ3) is 7.29. The molecule has 0 radical (unpaired) electrons. The fourth-order valence-corrected chi connectivity index (χ4v) is 4.29. The van der Waals surface area contributed by atoms with E-state index in [4.69, 9.17) is 14.0 Å². The van der Waals surface area contributed by atoms with Crippen molar-refractivity contribution in [3.63, 3.8) is 0 Å². The number of benzene rings is 2. The van der Waals surface area contributed by atoms with Crippen LogP contribution in [0.25, 0.3) is 11.4 Å². The van der Waals surface area contributed by atoms with Crippen molar-refractivity contribution >= 4 is 6.09 Å². The molecule has 210 valence electrons. The van der Waals surface area contributed by atoms with Gasteiger partial charge in [0.15, 0.2) is 0 Å². The molecule has 1 N–H and O–H groups in total. The van der Waals surface area contributed by atoms with Crippen molar-refractivity contribution in [3.05, 3.63) is 65.0 Å². The normalized spacial score (nSPS) is 17.9. The summed E-state index contributed by atoms with van der Waals surface area (Å²) in [5.41, 5.74) is 0.594. The molecule has 2 atom stereocenters. The van der Waals surface area contributed by atoms with Crippen LogP contribution in [-0.4, -0.2) is 51.1 Å². The molecule has 2 heterocycles. The molecule has 0 aliphatic carbocycles. The van der Waals surface area contributed by atoms with E-state index in [1.807, 2.05) is 31.2 Å². The van der Waals surface area contributed by atoms with Crippen molar-refractivity contribution in [3.8, 4) is 17.1 Å². The molecule has 0 spiro atoms. The maximum Gasteiger partial charge on any atom is 0.419 e. The first-order valence-corrected chi connectivity index (χ1v) is 12.7. The molecule has 8 nitrogen and oxygen atoms in total. The molecule has 1 saturated heterocycles. The standard InChI is InChI=1S/C28H32F3N3O5/c1-17-7-9-18(10-8-17)6-5-13-37-23-12-11-19(14-21(23)28(29,30)31)24-32-25(39-33-24)22-15-20(35)16-34(22)26(36)38-27(2,3)4/h7-12,14,20,22,35H,5-6,13,15-16H2,1-4H3/t20-,22+/m1/s1. The molecule has 0 saturated carbocycles. The third-order valence-corrected chi connectivity index (χ3v) is 6.16. The second-order valence-electron chi connectivity index (χ2n) is 10.6. The highest BCUT2D eigenvalue weighted by Gasteiger charge is 2.41. The third-order valence-electron chi connectivity index (χ3n) is 6.16. The Morgan fingerprint density at radius 3 is 2.54 bits per heavy atom. The summed E-state index contributed by atoms with van der Waals surface area (Å²) in [7, 11) is 0. The van der Waals surface area contributed by atoms with E-state index < -0.39 is 35.6 Å². The molecule has 1 aliphatic rings. The minimum atomic E-state index is -4.67. The van der Waals surface area contributed by atoms with E-state index in [1.165, 1.54) is 17.0 Å². The number of β-amino-alcohol motifs (C(OH)–C–C–N with tert-alkyl or cyclic N) is 1. The highest BCUT2D eigenvalue weighted by molar-refractivity contribution is 5.69. The Morgan fingerprint density at radius 1 is 1.15 bits per heavy atom. The highest BCUT2D eigenvalue weighted by Crippen LogP contribution is 2.39. The number of halogens is 3. The smallest absolute Gasteiger partial charge is 0.419 e. The van der Waals surface area contributed by atoms with Crippen LogP contribution in [0.3, 0.4) is 0 Å². The van der Waals surface area contributed by atoms with Gasteiger partial charge in [-0.1, -0.05) is 35.0 Å². The van der Waals surface area contributed by atoms with Crippen LogP contribution in [0.5, 0.6) is 5.75 Å². The van der Waals surface area contributed by atoms with Crippen molar-refractivity contribution in [2.45, 2.75) is 70.9 Å². The number of ether oxygens (including phenoxy) is 2. The zero-order chi connectivity index (χ0) is 28.4. The molecule has 1 aromatic heterocycles. The van der Waals surface area contributed by atoms with Crippen LogP contribution in [0.2, 0.25) is 0 Å². The minimum absolute atomic E-state index is 0.00241. The van der Waals surface area contributed by atoms with Crippen molar-refractivity contribution in [2.24, 2.45) is 0 Å². The molecule has 39 heavy (non-hydrogen) atoms. The van der Waals surface area contributed by atoms with Gasteiger partial charge < -0.3 is 19.1 Å². The Morgan fingerprint density at radius 2 is 1.87 bits per heavy atom. The van der Waals surface area contributed by atoms with Gasteiger partial charge in [-0.25, -0.2) is 4.79 Å². The van der Waals surface area contributed by atoms with Crippen molar-refractivity contribution in [1.29, 1.82) is 0 Å². The van der Waals surface area contributed by atoms with E-state index in [2.05, 4.69) is 10.1 Å². The summed E-state index contributed by atoms with van der Waals surface area (Å²) in [6.07, 6.45) is -4.80. The number of aryl methyl sites for hydroxylation is 2. The summed E-state index contributed by atoms with van der Waals surface area (Å²) in [5, 5.41) is 14.0. The van der Waals surface area contributed by atoms with Crippen LogP contribution < -0.4 is 4.74 Å². The maximum atomic E-state index is 13.9. The second kappa shape index (κ2) is 11.3. The summed E-state index contributed by atoms with van der Waals surface area (Å²) >= 11 is 0. The van der Waals surface area contributed by atoms with Gasteiger partial charge in [-0.15, -0.1) is 0 Å². The predicted molar refractivity (Wildman–Crippen MR) is 136 cm³/mol. The summed E-state index contributed by atoms with van der Waals surface area (Å²) in [6.45, 7) is 7.26. The predicted octanol–water partition coefficient (Wildman–Crippen LogP) is 6.12. The van der Waals surface area contributed by atoms with Crippen LogP contribution in [0.4, 0.5) is 18.0 Å². The fraction of sp³-hybridized carbons (Fsp3) is 0.464. The number of alkyl halides is 3. The van der Waals surface area contributed by atoms with Crippen LogP contribution in [0, 0.1) is 6.92 Å². The average Bonchev–Trinajstić information content (AvgIpc) is 3.48. The molecule has 1 amide bonds. The average molecular weight is 548 g/mol. The summed E-state index contributed by atoms with van der Waals surface area (Å²) in [4.78, 5) is 18.2. The van der Waals surface area contributed by atoms with Gasteiger partial charge in [0.05, 0.1) is 24.8 Å². The zero-order valence-corrected chi connectivity index (χ0v) is 22.3. The number of rotatable bonds is 7. The van der Waals surface area contributed by atoms with E-state index in [0.29, 0.717) is 12.8 Å². The number of aliphatic hydroxyl groups excluding tert-OH is 1. The molecule has 3 aromatic rings. The van der Waals surface area contributed by atoms with E-state index >= 15 is 0 Å². The number of hydrogen-bond donors (Lipinski definition) is 1. The van der Waals surface area contributed by atoms with Gasteiger partial charge in [0.2, 0.25) is 11.7 Å². The van der Waals surface area contributed by atoms with Gasteiger partial charge in [0, 0.05) is 12.0 Å². The molecule has 1 aliphatic heterocycles. The molecular weight excluding hydrogens is 515 g/mol. The van der Waals surface area contributed by atoms with Gasteiger partial charge in [-0.3, -0.25) is 4.90 Å². The molecule has 4 rings (SSSR count). The Hall–Kier alpha value is -3.60. The summed E-state index contributed by atoms with van der Waals surface area (Å²) < 4.78 is 57.9. The van der Waals surface area contributed by atoms with Gasteiger partial charge in [0.25, 0.3) is 0 Å². The first-order valence-electron chi connectivity index (χ1n) is 12.7. The summed E-state index contributed by atoms with van der Waals surface area (Å²) in [5.74, 6) is -0.363. The number of aromatic nitrogens is 2. The van der Waals surface area contributed by atoms with Gasteiger partial charge in [-0.2, -0.15) is 18.2 Å². The van der Waals surface area contributed by atoms with Crippen LogP contribution in [0.1, 0.15) is 62.2 Å². The van der Waals surface area contributed by atoms with E-state index in [-0.39, 0.29) is 42.6 Å². The minimum Gasteiger partial charge on any atom is -0.493 e. The zero-order valence-electron chi connectivity index (χ0n) is 22.3. The Bertz CT molecular complexity index is 1280. The fourth-order valence-electron chi connectivity index (χ4n) is 4.29. The van der Waals surface area contributed by atoms with Gasteiger partial charge >= 0.3 is 12.3 Å². The molecular formula is C28H32F3N3O5. The number of likely N-dealkylation sites (tertiary alicyclic amines) is 1. The van der Waals surface area contributed by atoms with Crippen molar-refractivity contribution in [2.75, 3.05) is 13.2 Å². The van der Waals surface area contributed by atoms with E-state index in [1.54, 1.807) is 20.8 Å². The number of nitrogens with zero attached hydrogens (tertiary/aromatic N) is 3. The van der Waals surface area contributed by atoms with Crippen molar-refractivity contribution < 1.29 is 37.1 Å². The quantitative estimate of drug-likeness (QED) is 0.356. The molecule has 1 fully saturated rings. The molecule has 2 aromatic carbocycles. The number of carbonyl (C=O) groups is 1. The lowest BCUT2D eigenvalue weighted by Gasteiger charge is -2.26. The van der Waals surface area contributed by atoms with E-state index in [0.717, 1.165) is 17.2 Å². The van der Waals surface area contributed by atoms with Crippen LogP contribution in [-0.2, 0) is 17.3 Å². The molecule has 0 unspecified atom stereocenters. The largest absolute Gasteiger partial charge is 0.493 e. The first kappa shape index (κ1) is 28.4. The second-order valence-corrected chi connectivity index (χ2v) is 10.6. The Kier molecular flexibility index (Phi) is 8.20. The van der Waals surface area contributed by atoms with Crippen LogP contribution >= 0.6 is 0 Å². The Labute approximate surface area is 224 Å². The number of amides is 1. The summed E-state index contributed by atoms with van der Waals surface area (Å²) in [6, 6.07) is 10.8. The Balaban J connectivity index is 1.48. The number of carbonyl (C=O) groups excluding carboxylic acids is 1.